The van der Waals surface area contributed by atoms with Crippen molar-refractivity contribution in [3.8, 4) is 6.07 Å². The number of carbonyl (C=O) groups excluding carboxylic acids is 3. The minimum atomic E-state index is -2.06. The van der Waals surface area contributed by atoms with Crippen LogP contribution in [-0.4, -0.2) is 46.3 Å². The highest BCUT2D eigenvalue weighted by molar-refractivity contribution is 7.80. The van der Waals surface area contributed by atoms with Crippen molar-refractivity contribution in [3.63, 3.8) is 0 Å². The van der Waals surface area contributed by atoms with Crippen molar-refractivity contribution in [2.24, 2.45) is 0 Å². The van der Waals surface area contributed by atoms with Crippen LogP contribution in [0, 0.1) is 11.3 Å². The summed E-state index contributed by atoms with van der Waals surface area (Å²) in [5, 5.41) is 12.3. The molecule has 0 spiro atoms. The number of benzene rings is 2. The van der Waals surface area contributed by atoms with E-state index in [1.807, 2.05) is 66.7 Å². The van der Waals surface area contributed by atoms with E-state index in [2.05, 4.69) is 5.32 Å². The number of ether oxygens (including phenoxy) is 2. The summed E-state index contributed by atoms with van der Waals surface area (Å²) in [6, 6.07) is 19.2. The molecule has 0 aliphatic carbocycles. The second-order valence-electron chi connectivity index (χ2n) is 8.15. The van der Waals surface area contributed by atoms with E-state index in [0.29, 0.717) is 16.1 Å². The van der Waals surface area contributed by atoms with Crippen molar-refractivity contribution < 1.29 is 28.7 Å². The van der Waals surface area contributed by atoms with Crippen molar-refractivity contribution >= 4 is 35.1 Å². The second-order valence-corrected chi connectivity index (χ2v) is 8.64. The number of allylic oxidation sites excluding steroid dienone is 1. The highest BCUT2D eigenvalue weighted by atomic mass is 32.1. The van der Waals surface area contributed by atoms with Gasteiger partial charge in [0.15, 0.2) is 6.10 Å². The summed E-state index contributed by atoms with van der Waals surface area (Å²) in [5.74, 6) is -2.18. The van der Waals surface area contributed by atoms with Crippen molar-refractivity contribution in [2.75, 3.05) is 6.61 Å². The number of hydrogen-bond donors (Lipinski definition) is 1. The molecule has 2 heterocycles. The summed E-state index contributed by atoms with van der Waals surface area (Å²) < 4.78 is 11.4. The molecule has 184 valence electrons. The van der Waals surface area contributed by atoms with Gasteiger partial charge in [0.05, 0.1) is 17.5 Å². The molecule has 2 aromatic carbocycles. The maximum absolute atomic E-state index is 13.6. The lowest BCUT2D eigenvalue weighted by Crippen LogP contribution is -2.57. The summed E-state index contributed by atoms with van der Waals surface area (Å²) >= 11 is 5.22. The highest BCUT2D eigenvalue weighted by Gasteiger charge is 2.60. The van der Waals surface area contributed by atoms with Crippen LogP contribution in [0.1, 0.15) is 36.5 Å². The fraction of sp³-hybridized carbons (Fsp3) is 0.269. The van der Waals surface area contributed by atoms with Crippen molar-refractivity contribution in [2.45, 2.75) is 37.1 Å². The van der Waals surface area contributed by atoms with Gasteiger partial charge >= 0.3 is 17.7 Å². The number of nitrogens with one attached hydrogen (secondary N) is 1. The van der Waals surface area contributed by atoms with Crippen LogP contribution in [-0.2, 0) is 28.7 Å². The number of nitrogens with zero attached hydrogens (tertiary/aromatic N) is 2. The first kappa shape index (κ1) is 25.0. The lowest BCUT2D eigenvalue weighted by Gasteiger charge is -2.34. The molecule has 9 nitrogen and oxygen atoms in total. The van der Waals surface area contributed by atoms with Gasteiger partial charge in [-0.2, -0.15) is 10.3 Å². The highest BCUT2D eigenvalue weighted by Crippen LogP contribution is 2.37. The Morgan fingerprint density at radius 2 is 1.83 bits per heavy atom. The Balaban J connectivity index is 1.57. The molecular formula is C26H23N3O6S. The number of hydrogen-bond acceptors (Lipinski definition) is 8. The second kappa shape index (κ2) is 11.1. The third-order valence-corrected chi connectivity index (χ3v) is 6.01. The third kappa shape index (κ3) is 5.27. The quantitative estimate of drug-likeness (QED) is 0.328. The molecule has 36 heavy (non-hydrogen) atoms. The molecule has 0 aromatic heterocycles. The number of carbonyl (C=O) groups is 3. The minimum absolute atomic E-state index is 0.0843. The van der Waals surface area contributed by atoms with Crippen molar-refractivity contribution in [1.29, 1.82) is 5.26 Å². The SMILES string of the molecule is N#C/C=C/CC(=S)N[C@H]1CON(C2(C(=O)OC(c3ccccc3)c3ccccc3)CCC(=O)O2)C1=O. The summed E-state index contributed by atoms with van der Waals surface area (Å²) in [6.07, 6.45) is 2.09. The van der Waals surface area contributed by atoms with Crippen LogP contribution < -0.4 is 5.32 Å². The number of cyclic esters (lactones) is 1. The maximum atomic E-state index is 13.6. The zero-order valence-electron chi connectivity index (χ0n) is 19.2. The minimum Gasteiger partial charge on any atom is -0.448 e. The molecule has 2 fully saturated rings. The van der Waals surface area contributed by atoms with Crippen LogP contribution in [0.3, 0.4) is 0 Å². The molecule has 10 heteroatoms. The normalized spacial score (nSPS) is 21.4. The van der Waals surface area contributed by atoms with Gasteiger partial charge in [-0.1, -0.05) is 79.0 Å². The fourth-order valence-corrected chi connectivity index (χ4v) is 4.24. The Labute approximate surface area is 213 Å². The monoisotopic (exact) mass is 505 g/mol. The largest absolute Gasteiger partial charge is 0.448 e. The van der Waals surface area contributed by atoms with Crippen LogP contribution in [0.2, 0.25) is 0 Å². The van der Waals surface area contributed by atoms with Crippen LogP contribution in [0.5, 0.6) is 0 Å². The first-order chi connectivity index (χ1) is 17.4. The molecule has 2 aromatic rings. The number of amides is 1. The molecule has 2 aliphatic rings. The van der Waals surface area contributed by atoms with E-state index in [4.69, 9.17) is 31.8 Å². The number of nitriles is 1. The van der Waals surface area contributed by atoms with E-state index in [9.17, 15) is 14.4 Å². The van der Waals surface area contributed by atoms with Crippen LogP contribution in [0.4, 0.5) is 0 Å². The van der Waals surface area contributed by atoms with E-state index in [1.165, 1.54) is 6.08 Å². The van der Waals surface area contributed by atoms with Crippen molar-refractivity contribution in [3.05, 3.63) is 83.9 Å². The summed E-state index contributed by atoms with van der Waals surface area (Å²) in [4.78, 5) is 44.9. The van der Waals surface area contributed by atoms with Gasteiger partial charge in [0, 0.05) is 18.9 Å². The average Bonchev–Trinajstić information content (AvgIpc) is 3.46. The summed E-state index contributed by atoms with van der Waals surface area (Å²) in [5.41, 5.74) is -0.643. The van der Waals surface area contributed by atoms with Gasteiger partial charge in [0.25, 0.3) is 5.91 Å². The zero-order chi connectivity index (χ0) is 25.5. The topological polar surface area (TPSA) is 118 Å². The number of esters is 2. The van der Waals surface area contributed by atoms with Gasteiger partial charge in [0.2, 0.25) is 0 Å². The third-order valence-electron chi connectivity index (χ3n) is 5.73. The zero-order valence-corrected chi connectivity index (χ0v) is 20.0. The standard InChI is InChI=1S/C26H23N3O6S/c27-16-8-7-13-21(36)28-20-17-33-29(24(20)31)26(15-14-22(30)35-26)25(32)34-23(18-9-3-1-4-10-18)19-11-5-2-6-12-19/h1-12,20,23H,13-15,17H2,(H,28,36)/b8-7+/t20-,26?/m0/s1. The van der Waals surface area contributed by atoms with Crippen LogP contribution in [0.25, 0.3) is 0 Å². The Hall–Kier alpha value is -4.07. The van der Waals surface area contributed by atoms with E-state index in [-0.39, 0.29) is 25.9 Å². The van der Waals surface area contributed by atoms with Gasteiger partial charge < -0.3 is 14.8 Å². The Kier molecular flexibility index (Phi) is 7.73. The summed E-state index contributed by atoms with van der Waals surface area (Å²) in [7, 11) is 0. The fourth-order valence-electron chi connectivity index (χ4n) is 4.00. The molecule has 0 saturated carbocycles. The Morgan fingerprint density at radius 1 is 1.19 bits per heavy atom. The van der Waals surface area contributed by atoms with E-state index >= 15 is 0 Å². The first-order valence-corrected chi connectivity index (χ1v) is 11.7. The van der Waals surface area contributed by atoms with Gasteiger partial charge in [-0.15, -0.1) is 0 Å². The molecule has 0 radical (unpaired) electrons. The van der Waals surface area contributed by atoms with Crippen LogP contribution in [0.15, 0.2) is 72.8 Å². The molecule has 2 aliphatic heterocycles. The molecule has 1 unspecified atom stereocenters. The first-order valence-electron chi connectivity index (χ1n) is 11.3. The predicted molar refractivity (Wildman–Crippen MR) is 131 cm³/mol. The maximum Gasteiger partial charge on any atom is 0.376 e. The lowest BCUT2D eigenvalue weighted by molar-refractivity contribution is -0.260. The summed E-state index contributed by atoms with van der Waals surface area (Å²) in [6.45, 7) is -0.131. The Morgan fingerprint density at radius 3 is 2.39 bits per heavy atom. The van der Waals surface area contributed by atoms with E-state index in [1.54, 1.807) is 6.08 Å². The molecule has 4 rings (SSSR count). The molecule has 1 N–H and O–H groups in total. The number of rotatable bonds is 8. The van der Waals surface area contributed by atoms with Crippen LogP contribution >= 0.6 is 12.2 Å². The predicted octanol–water partition coefficient (Wildman–Crippen LogP) is 2.88. The van der Waals surface area contributed by atoms with Gasteiger partial charge in [-0.05, 0) is 11.1 Å². The number of thiocarbonyl (C=S) groups is 1. The molecule has 2 atom stereocenters. The lowest BCUT2D eigenvalue weighted by atomic mass is 10.0. The van der Waals surface area contributed by atoms with Gasteiger partial charge in [-0.25, -0.2) is 4.79 Å². The van der Waals surface area contributed by atoms with E-state index < -0.39 is 35.7 Å². The van der Waals surface area contributed by atoms with Crippen molar-refractivity contribution in [1.82, 2.24) is 10.4 Å². The van der Waals surface area contributed by atoms with E-state index in [0.717, 1.165) is 5.06 Å². The molecule has 1 amide bonds. The van der Waals surface area contributed by atoms with Gasteiger partial charge in [0.1, 0.15) is 12.6 Å². The number of hydroxylamine groups is 2. The van der Waals surface area contributed by atoms with Gasteiger partial charge in [-0.3, -0.25) is 14.4 Å². The molecule has 2 saturated heterocycles. The molecule has 0 bridgehead atoms. The molecular weight excluding hydrogens is 482 g/mol. The Bertz CT molecular complexity index is 1170. The average molecular weight is 506 g/mol. The smallest absolute Gasteiger partial charge is 0.376 e.